The standard InChI is InChI=1S/C17H18N2O2S/c1-11-8-12(2)10-13(9-11)18-17(22)19-16(20)14-6-4-5-7-15(14)21-3/h4-10H,1-3H3,(H2,18,19,20,22). The molecule has 4 nitrogen and oxygen atoms in total. The zero-order valence-corrected chi connectivity index (χ0v) is 13.6. The molecular weight excluding hydrogens is 296 g/mol. The van der Waals surface area contributed by atoms with E-state index in [0.29, 0.717) is 11.3 Å². The van der Waals surface area contributed by atoms with Gasteiger partial charge in [0.25, 0.3) is 5.91 Å². The van der Waals surface area contributed by atoms with E-state index in [1.165, 1.54) is 7.11 Å². The number of benzene rings is 2. The summed E-state index contributed by atoms with van der Waals surface area (Å²) in [4.78, 5) is 12.2. The molecule has 0 atom stereocenters. The van der Waals surface area contributed by atoms with Gasteiger partial charge < -0.3 is 10.1 Å². The lowest BCUT2D eigenvalue weighted by molar-refractivity contribution is 0.0975. The fourth-order valence-corrected chi connectivity index (χ4v) is 2.42. The quantitative estimate of drug-likeness (QED) is 0.852. The molecule has 0 saturated carbocycles. The van der Waals surface area contributed by atoms with E-state index >= 15 is 0 Å². The van der Waals surface area contributed by atoms with E-state index < -0.39 is 0 Å². The second-order valence-electron chi connectivity index (χ2n) is 4.98. The Morgan fingerprint density at radius 2 is 1.73 bits per heavy atom. The van der Waals surface area contributed by atoms with Gasteiger partial charge in [0.05, 0.1) is 12.7 Å². The van der Waals surface area contributed by atoms with Crippen LogP contribution in [-0.4, -0.2) is 18.1 Å². The number of ether oxygens (including phenoxy) is 1. The van der Waals surface area contributed by atoms with Crippen molar-refractivity contribution in [3.8, 4) is 5.75 Å². The molecule has 5 heteroatoms. The second kappa shape index (κ2) is 7.04. The SMILES string of the molecule is COc1ccccc1C(=O)NC(=S)Nc1cc(C)cc(C)c1. The van der Waals surface area contributed by atoms with Crippen molar-refractivity contribution in [3.63, 3.8) is 0 Å². The molecule has 2 aromatic rings. The number of carbonyl (C=O) groups excluding carboxylic acids is 1. The molecule has 0 saturated heterocycles. The van der Waals surface area contributed by atoms with Gasteiger partial charge in [-0.2, -0.15) is 0 Å². The fourth-order valence-electron chi connectivity index (χ4n) is 2.21. The van der Waals surface area contributed by atoms with Crippen molar-refractivity contribution >= 4 is 28.9 Å². The average molecular weight is 314 g/mol. The van der Waals surface area contributed by atoms with Gasteiger partial charge in [-0.15, -0.1) is 0 Å². The number of hydrogen-bond donors (Lipinski definition) is 2. The normalized spacial score (nSPS) is 9.95. The van der Waals surface area contributed by atoms with Gasteiger partial charge in [-0.3, -0.25) is 10.1 Å². The fraction of sp³-hybridized carbons (Fsp3) is 0.176. The molecule has 0 radical (unpaired) electrons. The Kier molecular flexibility index (Phi) is 5.12. The van der Waals surface area contributed by atoms with Crippen LogP contribution in [0, 0.1) is 13.8 Å². The van der Waals surface area contributed by atoms with Gasteiger partial charge in [-0.1, -0.05) is 18.2 Å². The van der Waals surface area contributed by atoms with Crippen molar-refractivity contribution in [2.45, 2.75) is 13.8 Å². The maximum absolute atomic E-state index is 12.2. The van der Waals surface area contributed by atoms with Gasteiger partial charge in [0.2, 0.25) is 0 Å². The monoisotopic (exact) mass is 314 g/mol. The number of carbonyl (C=O) groups is 1. The number of hydrogen-bond acceptors (Lipinski definition) is 3. The third-order valence-corrected chi connectivity index (χ3v) is 3.26. The predicted molar refractivity (Wildman–Crippen MR) is 92.6 cm³/mol. The van der Waals surface area contributed by atoms with E-state index in [0.717, 1.165) is 16.8 Å². The van der Waals surface area contributed by atoms with Crippen LogP contribution in [0.5, 0.6) is 5.75 Å². The second-order valence-corrected chi connectivity index (χ2v) is 5.39. The number of aryl methyl sites for hydroxylation is 2. The molecule has 22 heavy (non-hydrogen) atoms. The number of rotatable bonds is 3. The summed E-state index contributed by atoms with van der Waals surface area (Å²) in [7, 11) is 1.53. The summed E-state index contributed by atoms with van der Waals surface area (Å²) in [6.07, 6.45) is 0. The summed E-state index contributed by atoms with van der Waals surface area (Å²) in [6.45, 7) is 4.02. The molecule has 0 aromatic heterocycles. The number of thiocarbonyl (C=S) groups is 1. The highest BCUT2D eigenvalue weighted by Crippen LogP contribution is 2.17. The van der Waals surface area contributed by atoms with Crippen LogP contribution < -0.4 is 15.4 Å². The Morgan fingerprint density at radius 3 is 2.36 bits per heavy atom. The van der Waals surface area contributed by atoms with Crippen LogP contribution in [0.1, 0.15) is 21.5 Å². The van der Waals surface area contributed by atoms with Crippen molar-refractivity contribution in [3.05, 3.63) is 59.2 Å². The Labute approximate surface area is 135 Å². The Hall–Kier alpha value is -2.40. The molecular formula is C17H18N2O2S. The number of nitrogens with one attached hydrogen (secondary N) is 2. The summed E-state index contributed by atoms with van der Waals surface area (Å²) >= 11 is 5.19. The summed E-state index contributed by atoms with van der Waals surface area (Å²) in [5.41, 5.74) is 3.54. The maximum Gasteiger partial charge on any atom is 0.261 e. The molecule has 2 aromatic carbocycles. The van der Waals surface area contributed by atoms with Crippen LogP contribution in [0.2, 0.25) is 0 Å². The van der Waals surface area contributed by atoms with Gasteiger partial charge in [0.15, 0.2) is 5.11 Å². The molecule has 0 aliphatic heterocycles. The zero-order valence-electron chi connectivity index (χ0n) is 12.8. The summed E-state index contributed by atoms with van der Waals surface area (Å²) in [5, 5.41) is 5.93. The minimum Gasteiger partial charge on any atom is -0.496 e. The van der Waals surface area contributed by atoms with Crippen molar-refractivity contribution in [1.29, 1.82) is 0 Å². The topological polar surface area (TPSA) is 50.4 Å². The first-order valence-corrected chi connectivity index (χ1v) is 7.24. The summed E-state index contributed by atoms with van der Waals surface area (Å²) < 4.78 is 5.17. The molecule has 0 heterocycles. The van der Waals surface area contributed by atoms with Crippen LogP contribution in [-0.2, 0) is 0 Å². The third kappa shape index (κ3) is 4.05. The Balaban J connectivity index is 2.07. The number of para-hydroxylation sites is 1. The largest absolute Gasteiger partial charge is 0.496 e. The number of methoxy groups -OCH3 is 1. The summed E-state index contributed by atoms with van der Waals surface area (Å²) in [6, 6.07) is 13.0. The first-order chi connectivity index (χ1) is 10.5. The van der Waals surface area contributed by atoms with E-state index in [2.05, 4.69) is 16.7 Å². The van der Waals surface area contributed by atoms with Crippen LogP contribution >= 0.6 is 12.2 Å². The van der Waals surface area contributed by atoms with E-state index in [4.69, 9.17) is 17.0 Å². The average Bonchev–Trinajstić information content (AvgIpc) is 2.45. The van der Waals surface area contributed by atoms with Crippen LogP contribution in [0.4, 0.5) is 5.69 Å². The lowest BCUT2D eigenvalue weighted by Gasteiger charge is -2.12. The predicted octanol–water partition coefficient (Wildman–Crippen LogP) is 3.44. The van der Waals surface area contributed by atoms with E-state index in [-0.39, 0.29) is 11.0 Å². The zero-order chi connectivity index (χ0) is 16.1. The van der Waals surface area contributed by atoms with E-state index in [9.17, 15) is 4.79 Å². The highest BCUT2D eigenvalue weighted by molar-refractivity contribution is 7.80. The third-order valence-electron chi connectivity index (χ3n) is 3.06. The molecule has 2 N–H and O–H groups in total. The van der Waals surface area contributed by atoms with Gasteiger partial charge >= 0.3 is 0 Å². The Bertz CT molecular complexity index is 693. The van der Waals surface area contributed by atoms with Gasteiger partial charge in [-0.25, -0.2) is 0 Å². The molecule has 0 aliphatic rings. The summed E-state index contributed by atoms with van der Waals surface area (Å²) in [5.74, 6) is 0.202. The van der Waals surface area contributed by atoms with Crippen molar-refractivity contribution in [2.24, 2.45) is 0 Å². The highest BCUT2D eigenvalue weighted by atomic mass is 32.1. The minimum absolute atomic E-state index is 0.251. The first-order valence-electron chi connectivity index (χ1n) is 6.83. The molecule has 114 valence electrons. The van der Waals surface area contributed by atoms with Crippen molar-refractivity contribution in [2.75, 3.05) is 12.4 Å². The molecule has 0 fully saturated rings. The van der Waals surface area contributed by atoms with Crippen molar-refractivity contribution < 1.29 is 9.53 Å². The van der Waals surface area contributed by atoms with E-state index in [1.807, 2.05) is 32.0 Å². The Morgan fingerprint density at radius 1 is 1.09 bits per heavy atom. The lowest BCUT2D eigenvalue weighted by atomic mass is 10.1. The van der Waals surface area contributed by atoms with E-state index in [1.54, 1.807) is 18.2 Å². The highest BCUT2D eigenvalue weighted by Gasteiger charge is 2.12. The molecule has 0 aliphatic carbocycles. The minimum atomic E-state index is -0.306. The van der Waals surface area contributed by atoms with Crippen LogP contribution in [0.3, 0.4) is 0 Å². The van der Waals surface area contributed by atoms with Crippen molar-refractivity contribution in [1.82, 2.24) is 5.32 Å². The molecule has 0 bridgehead atoms. The molecule has 1 amide bonds. The van der Waals surface area contributed by atoms with Gasteiger partial charge in [0, 0.05) is 5.69 Å². The van der Waals surface area contributed by atoms with Crippen LogP contribution in [0.15, 0.2) is 42.5 Å². The number of anilines is 1. The molecule has 2 rings (SSSR count). The molecule has 0 spiro atoms. The molecule has 0 unspecified atom stereocenters. The lowest BCUT2D eigenvalue weighted by Crippen LogP contribution is -2.34. The van der Waals surface area contributed by atoms with Gasteiger partial charge in [-0.05, 0) is 61.5 Å². The maximum atomic E-state index is 12.2. The first kappa shape index (κ1) is 16.0. The van der Waals surface area contributed by atoms with Gasteiger partial charge in [0.1, 0.15) is 5.75 Å². The van der Waals surface area contributed by atoms with Crippen LogP contribution in [0.25, 0.3) is 0 Å². The smallest absolute Gasteiger partial charge is 0.261 e. The number of amides is 1.